The standard InChI is InChI=1S/C18H19N3O6/c1-12(16-9-8-15(25-2)10-17(16)26-3)19-20-18(22)11-27-14-6-4-13(5-7-14)21(23)24/h4-10H,11H2,1-3H3,(H,20,22)/b19-12+. The molecule has 9 nitrogen and oxygen atoms in total. The fourth-order valence-electron chi connectivity index (χ4n) is 2.15. The Morgan fingerprint density at radius 2 is 1.78 bits per heavy atom. The molecule has 9 heteroatoms. The topological polar surface area (TPSA) is 112 Å². The summed E-state index contributed by atoms with van der Waals surface area (Å²) in [5, 5.41) is 14.6. The molecule has 0 fully saturated rings. The number of carbonyl (C=O) groups is 1. The third kappa shape index (κ3) is 5.43. The number of nitrogens with zero attached hydrogens (tertiary/aromatic N) is 2. The van der Waals surface area contributed by atoms with Gasteiger partial charge in [-0.2, -0.15) is 5.10 Å². The van der Waals surface area contributed by atoms with Gasteiger partial charge in [0.15, 0.2) is 6.61 Å². The maximum absolute atomic E-state index is 11.9. The number of hydrazone groups is 1. The van der Waals surface area contributed by atoms with Crippen LogP contribution in [0, 0.1) is 10.1 Å². The molecule has 142 valence electrons. The monoisotopic (exact) mass is 373 g/mol. The highest BCUT2D eigenvalue weighted by Crippen LogP contribution is 2.25. The van der Waals surface area contributed by atoms with Crippen LogP contribution >= 0.6 is 0 Å². The van der Waals surface area contributed by atoms with Gasteiger partial charge < -0.3 is 14.2 Å². The van der Waals surface area contributed by atoms with Gasteiger partial charge in [-0.1, -0.05) is 0 Å². The maximum atomic E-state index is 11.9. The lowest BCUT2D eigenvalue weighted by molar-refractivity contribution is -0.384. The van der Waals surface area contributed by atoms with Crippen molar-refractivity contribution in [1.82, 2.24) is 5.43 Å². The highest BCUT2D eigenvalue weighted by Gasteiger charge is 2.10. The van der Waals surface area contributed by atoms with E-state index < -0.39 is 10.8 Å². The minimum absolute atomic E-state index is 0.0551. The molecule has 27 heavy (non-hydrogen) atoms. The van der Waals surface area contributed by atoms with Crippen LogP contribution in [-0.4, -0.2) is 37.4 Å². The van der Waals surface area contributed by atoms with E-state index in [2.05, 4.69) is 10.5 Å². The van der Waals surface area contributed by atoms with E-state index in [1.54, 1.807) is 32.2 Å². The first-order chi connectivity index (χ1) is 12.9. The predicted molar refractivity (Wildman–Crippen MR) is 98.5 cm³/mol. The average Bonchev–Trinajstić information content (AvgIpc) is 2.70. The maximum Gasteiger partial charge on any atom is 0.277 e. The van der Waals surface area contributed by atoms with Crippen molar-refractivity contribution in [1.29, 1.82) is 0 Å². The van der Waals surface area contributed by atoms with Crippen molar-refractivity contribution in [3.8, 4) is 17.2 Å². The summed E-state index contributed by atoms with van der Waals surface area (Å²) in [5.41, 5.74) is 3.58. The molecule has 1 amide bonds. The Morgan fingerprint density at radius 3 is 2.37 bits per heavy atom. The van der Waals surface area contributed by atoms with Gasteiger partial charge in [0.05, 0.1) is 24.9 Å². The van der Waals surface area contributed by atoms with Crippen LogP contribution in [0.15, 0.2) is 47.6 Å². The summed E-state index contributed by atoms with van der Waals surface area (Å²) >= 11 is 0. The van der Waals surface area contributed by atoms with E-state index in [-0.39, 0.29) is 12.3 Å². The highest BCUT2D eigenvalue weighted by molar-refractivity contribution is 6.01. The fraction of sp³-hybridized carbons (Fsp3) is 0.222. The van der Waals surface area contributed by atoms with Gasteiger partial charge in [-0.15, -0.1) is 0 Å². The summed E-state index contributed by atoms with van der Waals surface area (Å²) in [6.07, 6.45) is 0. The number of methoxy groups -OCH3 is 2. The van der Waals surface area contributed by atoms with E-state index in [9.17, 15) is 14.9 Å². The van der Waals surface area contributed by atoms with Gasteiger partial charge in [0.25, 0.3) is 11.6 Å². The molecule has 0 saturated carbocycles. The Balaban J connectivity index is 1.94. The predicted octanol–water partition coefficient (Wildman–Crippen LogP) is 2.53. The van der Waals surface area contributed by atoms with Gasteiger partial charge in [-0.25, -0.2) is 5.43 Å². The van der Waals surface area contributed by atoms with Gasteiger partial charge in [0, 0.05) is 23.8 Å². The number of hydrogen-bond acceptors (Lipinski definition) is 7. The Bertz CT molecular complexity index is 849. The van der Waals surface area contributed by atoms with Crippen molar-refractivity contribution >= 4 is 17.3 Å². The third-order valence-corrected chi connectivity index (χ3v) is 3.56. The minimum atomic E-state index is -0.512. The molecule has 2 aromatic rings. The number of carbonyl (C=O) groups excluding carboxylic acids is 1. The molecule has 0 spiro atoms. The summed E-state index contributed by atoms with van der Waals surface area (Å²) in [5.74, 6) is 1.07. The zero-order chi connectivity index (χ0) is 19.8. The number of rotatable bonds is 8. The number of nitro benzene ring substituents is 1. The fourth-order valence-corrected chi connectivity index (χ4v) is 2.15. The molecule has 0 aromatic heterocycles. The number of nitrogens with one attached hydrogen (secondary N) is 1. The normalized spacial score (nSPS) is 10.9. The average molecular weight is 373 g/mol. The Kier molecular flexibility index (Phi) is 6.70. The molecule has 0 aliphatic heterocycles. The smallest absolute Gasteiger partial charge is 0.277 e. The van der Waals surface area contributed by atoms with E-state index in [4.69, 9.17) is 14.2 Å². The van der Waals surface area contributed by atoms with Gasteiger partial charge in [-0.05, 0) is 31.2 Å². The van der Waals surface area contributed by atoms with E-state index in [0.29, 0.717) is 28.5 Å². The Morgan fingerprint density at radius 1 is 1.11 bits per heavy atom. The third-order valence-electron chi connectivity index (χ3n) is 3.56. The lowest BCUT2D eigenvalue weighted by atomic mass is 10.1. The van der Waals surface area contributed by atoms with Crippen LogP contribution in [0.4, 0.5) is 5.69 Å². The van der Waals surface area contributed by atoms with E-state index in [1.165, 1.54) is 31.4 Å². The van der Waals surface area contributed by atoms with Gasteiger partial charge >= 0.3 is 0 Å². The molecule has 2 rings (SSSR count). The summed E-state index contributed by atoms with van der Waals surface area (Å²) in [6.45, 7) is 1.44. The summed E-state index contributed by atoms with van der Waals surface area (Å²) in [7, 11) is 3.09. The molecule has 0 aliphatic carbocycles. The summed E-state index contributed by atoms with van der Waals surface area (Å²) < 4.78 is 15.7. The molecular weight excluding hydrogens is 354 g/mol. The zero-order valence-electron chi connectivity index (χ0n) is 15.1. The molecule has 2 aromatic carbocycles. The quantitative estimate of drug-likeness (QED) is 0.432. The summed E-state index contributed by atoms with van der Waals surface area (Å²) in [4.78, 5) is 22.0. The Hall–Kier alpha value is -3.62. The molecule has 0 radical (unpaired) electrons. The minimum Gasteiger partial charge on any atom is -0.497 e. The number of non-ortho nitro benzene ring substituents is 1. The largest absolute Gasteiger partial charge is 0.497 e. The number of hydrogen-bond donors (Lipinski definition) is 1. The molecule has 0 aliphatic rings. The first-order valence-electron chi connectivity index (χ1n) is 7.87. The molecule has 0 unspecified atom stereocenters. The van der Waals surface area contributed by atoms with Crippen LogP contribution in [-0.2, 0) is 4.79 Å². The van der Waals surface area contributed by atoms with Crippen molar-refractivity contribution < 1.29 is 23.9 Å². The SMILES string of the molecule is COc1ccc(/C(C)=N/NC(=O)COc2ccc([N+](=O)[O-])cc2)c(OC)c1. The van der Waals surface area contributed by atoms with Crippen LogP contribution < -0.4 is 19.6 Å². The number of nitro groups is 1. The van der Waals surface area contributed by atoms with E-state index >= 15 is 0 Å². The Labute approximate surface area is 155 Å². The second kappa shape index (κ2) is 9.18. The van der Waals surface area contributed by atoms with Crippen LogP contribution in [0.5, 0.6) is 17.2 Å². The number of ether oxygens (including phenoxy) is 3. The highest BCUT2D eigenvalue weighted by atomic mass is 16.6. The first kappa shape index (κ1) is 19.7. The van der Waals surface area contributed by atoms with Crippen LogP contribution in [0.25, 0.3) is 0 Å². The van der Waals surface area contributed by atoms with Crippen LogP contribution in [0.3, 0.4) is 0 Å². The number of benzene rings is 2. The molecule has 1 N–H and O–H groups in total. The van der Waals surface area contributed by atoms with Crippen molar-refractivity contribution in [2.45, 2.75) is 6.92 Å². The van der Waals surface area contributed by atoms with Crippen molar-refractivity contribution in [2.24, 2.45) is 5.10 Å². The van der Waals surface area contributed by atoms with Crippen molar-refractivity contribution in [3.63, 3.8) is 0 Å². The lowest BCUT2D eigenvalue weighted by Crippen LogP contribution is -2.25. The van der Waals surface area contributed by atoms with Crippen molar-refractivity contribution in [2.75, 3.05) is 20.8 Å². The van der Waals surface area contributed by atoms with Gasteiger partial charge in [-0.3, -0.25) is 14.9 Å². The molecule has 0 bridgehead atoms. The van der Waals surface area contributed by atoms with Gasteiger partial charge in [0.1, 0.15) is 17.2 Å². The zero-order valence-corrected chi connectivity index (χ0v) is 15.1. The second-order valence-corrected chi connectivity index (χ2v) is 5.34. The van der Waals surface area contributed by atoms with Crippen LogP contribution in [0.2, 0.25) is 0 Å². The number of amides is 1. The lowest BCUT2D eigenvalue weighted by Gasteiger charge is -2.10. The van der Waals surface area contributed by atoms with Crippen LogP contribution in [0.1, 0.15) is 12.5 Å². The molecule has 0 heterocycles. The van der Waals surface area contributed by atoms with Gasteiger partial charge in [0.2, 0.25) is 0 Å². The van der Waals surface area contributed by atoms with Crippen molar-refractivity contribution in [3.05, 3.63) is 58.1 Å². The second-order valence-electron chi connectivity index (χ2n) is 5.34. The van der Waals surface area contributed by atoms with E-state index in [1.807, 2.05) is 0 Å². The molecule has 0 atom stereocenters. The molecule has 0 saturated heterocycles. The first-order valence-corrected chi connectivity index (χ1v) is 7.87. The van der Waals surface area contributed by atoms with E-state index in [0.717, 1.165) is 0 Å². The molecular formula is C18H19N3O6. The summed E-state index contributed by atoms with van der Waals surface area (Å²) in [6, 6.07) is 10.7.